The van der Waals surface area contributed by atoms with Crippen molar-refractivity contribution in [3.8, 4) is 5.75 Å². The van der Waals surface area contributed by atoms with Crippen molar-refractivity contribution in [3.63, 3.8) is 0 Å². The highest BCUT2D eigenvalue weighted by Gasteiger charge is 2.41. The Kier molecular flexibility index (Phi) is 11.3. The van der Waals surface area contributed by atoms with Gasteiger partial charge in [-0.2, -0.15) is 0 Å². The summed E-state index contributed by atoms with van der Waals surface area (Å²) < 4.78 is 5.29. The molecular weight excluding hydrogens is 562 g/mol. The van der Waals surface area contributed by atoms with Gasteiger partial charge in [0.2, 0.25) is 5.91 Å². The number of ether oxygens (including phenoxy) is 1. The van der Waals surface area contributed by atoms with Crippen molar-refractivity contribution in [1.29, 1.82) is 0 Å². The van der Waals surface area contributed by atoms with E-state index in [-0.39, 0.29) is 29.9 Å². The Labute approximate surface area is 260 Å². The number of benzene rings is 2. The van der Waals surface area contributed by atoms with Gasteiger partial charge in [-0.25, -0.2) is 0 Å². The summed E-state index contributed by atoms with van der Waals surface area (Å²) in [6.07, 6.45) is 4.58. The van der Waals surface area contributed by atoms with E-state index >= 15 is 0 Å². The standard InChI is InChI=1S/C34H47N3O5S/c1-22-27(16-11-17-31(22)42-23(2)38)32(40)35-28(21-43-26-14-7-6-8-15-26)30(39)20-37-19-25-13-10-9-12-24(25)18-29(37)33(41)36-34(3,4)5/h6-8,11,14-17,24-25,28-30,39H,9-10,12-13,18-21H2,1-5H3,(H,35,40)(H,36,41)/t24-,25+,28-,29-,30+/m0/s1. The maximum atomic E-state index is 13.6. The van der Waals surface area contributed by atoms with Crippen LogP contribution in [0, 0.1) is 18.8 Å². The van der Waals surface area contributed by atoms with E-state index in [2.05, 4.69) is 15.5 Å². The van der Waals surface area contributed by atoms with E-state index in [0.717, 1.165) is 30.7 Å². The number of carbonyl (C=O) groups excluding carboxylic acids is 3. The highest BCUT2D eigenvalue weighted by Crippen LogP contribution is 2.39. The zero-order valence-corrected chi connectivity index (χ0v) is 26.9. The Bertz CT molecular complexity index is 1260. The van der Waals surface area contributed by atoms with Crippen molar-refractivity contribution < 1.29 is 24.2 Å². The Morgan fingerprint density at radius 3 is 2.42 bits per heavy atom. The van der Waals surface area contributed by atoms with Crippen molar-refractivity contribution in [2.24, 2.45) is 11.8 Å². The normalized spacial score (nSPS) is 22.1. The number of hydrogen-bond donors (Lipinski definition) is 3. The fraction of sp³-hybridized carbons (Fsp3) is 0.559. The predicted octanol–water partition coefficient (Wildman–Crippen LogP) is 4.97. The topological polar surface area (TPSA) is 108 Å². The Morgan fingerprint density at radius 2 is 1.74 bits per heavy atom. The average molecular weight is 610 g/mol. The van der Waals surface area contributed by atoms with Crippen molar-refractivity contribution >= 4 is 29.5 Å². The molecule has 3 N–H and O–H groups in total. The summed E-state index contributed by atoms with van der Waals surface area (Å²) in [4.78, 5) is 41.9. The molecule has 0 aromatic heterocycles. The number of β-amino-alcohol motifs (C(OH)–C–C–N with tert-alkyl or cyclic N) is 1. The Balaban J connectivity index is 1.55. The molecule has 0 spiro atoms. The summed E-state index contributed by atoms with van der Waals surface area (Å²) in [7, 11) is 0. The largest absolute Gasteiger partial charge is 0.426 e. The first-order chi connectivity index (χ1) is 20.4. The van der Waals surface area contributed by atoms with E-state index in [4.69, 9.17) is 4.74 Å². The van der Waals surface area contributed by atoms with Crippen molar-refractivity contribution in [2.45, 2.75) is 95.3 Å². The van der Waals surface area contributed by atoms with E-state index < -0.39 is 18.1 Å². The van der Waals surface area contributed by atoms with Crippen LogP contribution in [0.25, 0.3) is 0 Å². The average Bonchev–Trinajstić information content (AvgIpc) is 2.95. The number of fused-ring (bicyclic) bond motifs is 1. The molecule has 0 unspecified atom stereocenters. The number of aliphatic hydroxyl groups excluding tert-OH is 1. The quantitative estimate of drug-likeness (QED) is 0.198. The molecular formula is C34H47N3O5S. The van der Waals surface area contributed by atoms with Crippen LogP contribution in [-0.4, -0.2) is 70.4 Å². The lowest BCUT2D eigenvalue weighted by atomic mass is 9.72. The highest BCUT2D eigenvalue weighted by molar-refractivity contribution is 7.99. The minimum absolute atomic E-state index is 0.000815. The maximum absolute atomic E-state index is 13.6. The summed E-state index contributed by atoms with van der Waals surface area (Å²) in [6, 6.07) is 14.0. The zero-order valence-electron chi connectivity index (χ0n) is 26.1. The number of aliphatic hydroxyl groups is 1. The van der Waals surface area contributed by atoms with Gasteiger partial charge in [0.05, 0.1) is 18.2 Å². The molecule has 0 bridgehead atoms. The first-order valence-electron chi connectivity index (χ1n) is 15.4. The third kappa shape index (κ3) is 9.30. The molecule has 2 fully saturated rings. The number of esters is 1. The highest BCUT2D eigenvalue weighted by atomic mass is 32.2. The van der Waals surface area contributed by atoms with E-state index in [1.165, 1.54) is 19.8 Å². The van der Waals surface area contributed by atoms with Crippen LogP contribution in [0.3, 0.4) is 0 Å². The van der Waals surface area contributed by atoms with Crippen LogP contribution in [0.4, 0.5) is 0 Å². The second-order valence-electron chi connectivity index (χ2n) is 13.0. The van der Waals surface area contributed by atoms with Gasteiger partial charge in [0.1, 0.15) is 5.75 Å². The van der Waals surface area contributed by atoms with Gasteiger partial charge in [0, 0.05) is 47.3 Å². The Hall–Kier alpha value is -2.88. The molecule has 5 atom stereocenters. The Morgan fingerprint density at radius 1 is 1.05 bits per heavy atom. The molecule has 2 aromatic rings. The van der Waals surface area contributed by atoms with Crippen LogP contribution in [0.1, 0.15) is 75.7 Å². The molecule has 2 amide bonds. The fourth-order valence-corrected chi connectivity index (χ4v) is 7.35. The van der Waals surface area contributed by atoms with Crippen LogP contribution in [0.2, 0.25) is 0 Å². The SMILES string of the molecule is CC(=O)Oc1cccc(C(=O)N[C@@H](CSc2ccccc2)[C@H](O)CN2C[C@H]3CCCC[C@H]3C[C@H]2C(=O)NC(C)(C)C)c1C. The van der Waals surface area contributed by atoms with Gasteiger partial charge in [-0.05, 0) is 76.6 Å². The monoisotopic (exact) mass is 609 g/mol. The summed E-state index contributed by atoms with van der Waals surface area (Å²) in [6.45, 7) is 10.1. The fourth-order valence-electron chi connectivity index (χ4n) is 6.32. The van der Waals surface area contributed by atoms with Crippen molar-refractivity contribution in [2.75, 3.05) is 18.8 Å². The molecule has 8 nitrogen and oxygen atoms in total. The van der Waals surface area contributed by atoms with Crippen LogP contribution >= 0.6 is 11.8 Å². The minimum Gasteiger partial charge on any atom is -0.426 e. The number of amides is 2. The number of likely N-dealkylation sites (tertiary alicyclic amines) is 1. The van der Waals surface area contributed by atoms with Gasteiger partial charge in [0.25, 0.3) is 5.91 Å². The predicted molar refractivity (Wildman–Crippen MR) is 170 cm³/mol. The molecule has 2 aromatic carbocycles. The second-order valence-corrected chi connectivity index (χ2v) is 14.1. The third-order valence-corrected chi connectivity index (χ3v) is 9.59. The maximum Gasteiger partial charge on any atom is 0.308 e. The number of thioether (sulfide) groups is 1. The van der Waals surface area contributed by atoms with E-state index in [1.807, 2.05) is 51.1 Å². The first-order valence-corrected chi connectivity index (χ1v) is 16.4. The van der Waals surface area contributed by atoms with Gasteiger partial charge < -0.3 is 20.5 Å². The van der Waals surface area contributed by atoms with Gasteiger partial charge in [-0.3, -0.25) is 19.3 Å². The molecule has 9 heteroatoms. The summed E-state index contributed by atoms with van der Waals surface area (Å²) in [5, 5.41) is 18.0. The zero-order chi connectivity index (χ0) is 31.1. The lowest BCUT2D eigenvalue weighted by molar-refractivity contribution is -0.133. The van der Waals surface area contributed by atoms with Crippen LogP contribution < -0.4 is 15.4 Å². The van der Waals surface area contributed by atoms with Gasteiger partial charge in [-0.15, -0.1) is 11.8 Å². The first kappa shape index (κ1) is 33.0. The third-order valence-electron chi connectivity index (χ3n) is 8.46. The van der Waals surface area contributed by atoms with Crippen LogP contribution in [0.15, 0.2) is 53.4 Å². The lowest BCUT2D eigenvalue weighted by Crippen LogP contribution is -2.60. The molecule has 1 aliphatic heterocycles. The molecule has 1 heterocycles. The lowest BCUT2D eigenvalue weighted by Gasteiger charge is -2.47. The summed E-state index contributed by atoms with van der Waals surface area (Å²) in [5.41, 5.74) is 0.579. The van der Waals surface area contributed by atoms with Gasteiger partial charge in [0.15, 0.2) is 0 Å². The minimum atomic E-state index is -0.915. The number of carbonyl (C=O) groups is 3. The van der Waals surface area contributed by atoms with Crippen molar-refractivity contribution in [1.82, 2.24) is 15.5 Å². The van der Waals surface area contributed by atoms with E-state index in [1.54, 1.807) is 36.9 Å². The number of nitrogens with zero attached hydrogens (tertiary/aromatic N) is 1. The number of piperidine rings is 1. The summed E-state index contributed by atoms with van der Waals surface area (Å²) >= 11 is 1.56. The van der Waals surface area contributed by atoms with Crippen LogP contribution in [0.5, 0.6) is 5.75 Å². The van der Waals surface area contributed by atoms with E-state index in [0.29, 0.717) is 34.5 Å². The number of nitrogens with one attached hydrogen (secondary N) is 2. The van der Waals surface area contributed by atoms with Gasteiger partial charge in [-0.1, -0.05) is 43.5 Å². The van der Waals surface area contributed by atoms with Crippen molar-refractivity contribution in [3.05, 3.63) is 59.7 Å². The second kappa shape index (κ2) is 14.7. The number of rotatable bonds is 10. The summed E-state index contributed by atoms with van der Waals surface area (Å²) in [5.74, 6) is 1.00. The molecule has 1 saturated heterocycles. The molecule has 0 radical (unpaired) electrons. The molecule has 4 rings (SSSR count). The smallest absolute Gasteiger partial charge is 0.308 e. The molecule has 234 valence electrons. The van der Waals surface area contributed by atoms with Gasteiger partial charge >= 0.3 is 5.97 Å². The molecule has 1 saturated carbocycles. The molecule has 2 aliphatic rings. The molecule has 43 heavy (non-hydrogen) atoms. The number of hydrogen-bond acceptors (Lipinski definition) is 7. The van der Waals surface area contributed by atoms with E-state index in [9.17, 15) is 19.5 Å². The van der Waals surface area contributed by atoms with Crippen LogP contribution in [-0.2, 0) is 9.59 Å². The molecule has 1 aliphatic carbocycles.